The average Bonchev–Trinajstić information content (AvgIpc) is 2.68. The Morgan fingerprint density at radius 2 is 2.24 bits per heavy atom. The van der Waals surface area contributed by atoms with E-state index in [9.17, 15) is 5.11 Å². The highest BCUT2D eigenvalue weighted by molar-refractivity contribution is 7.99. The first kappa shape index (κ1) is 13.0. The summed E-state index contributed by atoms with van der Waals surface area (Å²) in [4.78, 5) is 6.54. The Labute approximate surface area is 108 Å². The van der Waals surface area contributed by atoms with Crippen LogP contribution in [0.5, 0.6) is 0 Å². The van der Waals surface area contributed by atoms with E-state index in [4.69, 9.17) is 5.73 Å². The number of hydrogen-bond acceptors (Lipinski definition) is 3. The summed E-state index contributed by atoms with van der Waals surface area (Å²) in [6.45, 7) is 4.53. The van der Waals surface area contributed by atoms with Gasteiger partial charge in [0, 0.05) is 24.6 Å². The van der Waals surface area contributed by atoms with E-state index in [1.807, 2.05) is 11.8 Å². The minimum Gasteiger partial charge on any atom is -0.388 e. The molecular formula is C12H23N3OS. The number of guanidine groups is 1. The zero-order chi connectivity index (χ0) is 12.3. The van der Waals surface area contributed by atoms with Gasteiger partial charge < -0.3 is 15.7 Å². The first-order valence-corrected chi connectivity index (χ1v) is 7.62. The van der Waals surface area contributed by atoms with Crippen LogP contribution in [0.15, 0.2) is 4.99 Å². The van der Waals surface area contributed by atoms with Crippen molar-refractivity contribution in [3.8, 4) is 0 Å². The predicted octanol–water partition coefficient (Wildman–Crippen LogP) is 0.901. The number of thioether (sulfide) groups is 1. The molecule has 5 heteroatoms. The van der Waals surface area contributed by atoms with Gasteiger partial charge in [0.1, 0.15) is 0 Å². The summed E-state index contributed by atoms with van der Waals surface area (Å²) in [6, 6.07) is 0. The van der Waals surface area contributed by atoms with Crippen molar-refractivity contribution in [3.05, 3.63) is 0 Å². The van der Waals surface area contributed by atoms with E-state index in [0.29, 0.717) is 18.4 Å². The standard InChI is InChI=1S/C12H23N3OS/c1-10-3-2-4-12(10,16)9-14-11(13)15-5-7-17-8-6-15/h10,16H,2-9H2,1H3,(H2,13,14). The van der Waals surface area contributed by atoms with Gasteiger partial charge in [-0.15, -0.1) is 0 Å². The van der Waals surface area contributed by atoms with Crippen LogP contribution < -0.4 is 5.73 Å². The third kappa shape index (κ3) is 3.07. The molecule has 4 nitrogen and oxygen atoms in total. The van der Waals surface area contributed by atoms with Crippen LogP contribution in [0, 0.1) is 5.92 Å². The van der Waals surface area contributed by atoms with E-state index in [1.54, 1.807) is 0 Å². The molecule has 1 saturated heterocycles. The minimum atomic E-state index is -0.616. The molecule has 0 radical (unpaired) electrons. The second-order valence-corrected chi connectivity index (χ2v) is 6.40. The lowest BCUT2D eigenvalue weighted by Crippen LogP contribution is -2.44. The molecule has 0 spiro atoms. The lowest BCUT2D eigenvalue weighted by atomic mass is 9.93. The highest BCUT2D eigenvalue weighted by atomic mass is 32.2. The summed E-state index contributed by atoms with van der Waals surface area (Å²) in [5, 5.41) is 10.4. The van der Waals surface area contributed by atoms with E-state index in [1.165, 1.54) is 0 Å². The van der Waals surface area contributed by atoms with Crippen LogP contribution in [-0.2, 0) is 0 Å². The summed E-state index contributed by atoms with van der Waals surface area (Å²) >= 11 is 1.96. The number of aliphatic imine (C=N–C) groups is 1. The van der Waals surface area contributed by atoms with E-state index in [0.717, 1.165) is 43.9 Å². The predicted molar refractivity (Wildman–Crippen MR) is 73.4 cm³/mol. The fourth-order valence-electron chi connectivity index (χ4n) is 2.57. The van der Waals surface area contributed by atoms with E-state index < -0.39 is 5.60 Å². The third-order valence-corrected chi connectivity index (χ3v) is 4.96. The second-order valence-electron chi connectivity index (χ2n) is 5.17. The summed E-state index contributed by atoms with van der Waals surface area (Å²) in [5.74, 6) is 3.20. The fraction of sp³-hybridized carbons (Fsp3) is 0.917. The van der Waals surface area contributed by atoms with Crippen molar-refractivity contribution >= 4 is 17.7 Å². The van der Waals surface area contributed by atoms with Crippen molar-refractivity contribution in [2.75, 3.05) is 31.1 Å². The Kier molecular flexibility index (Phi) is 4.20. The third-order valence-electron chi connectivity index (χ3n) is 4.01. The zero-order valence-corrected chi connectivity index (χ0v) is 11.4. The first-order chi connectivity index (χ1) is 8.12. The van der Waals surface area contributed by atoms with Gasteiger partial charge in [0.25, 0.3) is 0 Å². The SMILES string of the molecule is CC1CCCC1(O)CN=C(N)N1CCSCC1. The van der Waals surface area contributed by atoms with Crippen molar-refractivity contribution in [1.82, 2.24) is 4.90 Å². The molecule has 2 atom stereocenters. The Bertz CT molecular complexity index is 291. The van der Waals surface area contributed by atoms with Gasteiger partial charge in [0.05, 0.1) is 12.1 Å². The topological polar surface area (TPSA) is 61.9 Å². The molecule has 98 valence electrons. The monoisotopic (exact) mass is 257 g/mol. The molecule has 1 heterocycles. The second kappa shape index (κ2) is 5.48. The molecule has 0 aromatic rings. The maximum Gasteiger partial charge on any atom is 0.191 e. The van der Waals surface area contributed by atoms with E-state index in [2.05, 4.69) is 16.8 Å². The van der Waals surface area contributed by atoms with Gasteiger partial charge in [-0.1, -0.05) is 13.3 Å². The molecule has 17 heavy (non-hydrogen) atoms. The van der Waals surface area contributed by atoms with Crippen molar-refractivity contribution in [1.29, 1.82) is 0 Å². The van der Waals surface area contributed by atoms with Gasteiger partial charge in [-0.2, -0.15) is 11.8 Å². The maximum absolute atomic E-state index is 10.4. The molecule has 0 amide bonds. The van der Waals surface area contributed by atoms with Crippen molar-refractivity contribution in [3.63, 3.8) is 0 Å². The van der Waals surface area contributed by atoms with Crippen molar-refractivity contribution < 1.29 is 5.11 Å². The molecule has 3 N–H and O–H groups in total. The molecule has 2 fully saturated rings. The number of nitrogens with zero attached hydrogens (tertiary/aromatic N) is 2. The van der Waals surface area contributed by atoms with Crippen LogP contribution in [0.3, 0.4) is 0 Å². The number of aliphatic hydroxyl groups is 1. The van der Waals surface area contributed by atoms with Crippen LogP contribution in [-0.4, -0.2) is 52.7 Å². The molecule has 1 aliphatic carbocycles. The average molecular weight is 257 g/mol. The van der Waals surface area contributed by atoms with Crippen LogP contribution >= 0.6 is 11.8 Å². The summed E-state index contributed by atoms with van der Waals surface area (Å²) in [6.07, 6.45) is 3.07. The molecule has 0 aromatic heterocycles. The van der Waals surface area contributed by atoms with Crippen LogP contribution in [0.1, 0.15) is 26.2 Å². The quantitative estimate of drug-likeness (QED) is 0.570. The highest BCUT2D eigenvalue weighted by Gasteiger charge is 2.38. The van der Waals surface area contributed by atoms with Crippen LogP contribution in [0.4, 0.5) is 0 Å². The van der Waals surface area contributed by atoms with Gasteiger partial charge >= 0.3 is 0 Å². The molecule has 2 unspecified atom stereocenters. The minimum absolute atomic E-state index is 0.343. The number of hydrogen-bond donors (Lipinski definition) is 2. The molecular weight excluding hydrogens is 234 g/mol. The van der Waals surface area contributed by atoms with Crippen LogP contribution in [0.2, 0.25) is 0 Å². The molecule has 2 rings (SSSR count). The first-order valence-electron chi connectivity index (χ1n) is 6.47. The normalized spacial score (nSPS) is 35.3. The Balaban J connectivity index is 1.90. The Morgan fingerprint density at radius 3 is 2.82 bits per heavy atom. The smallest absolute Gasteiger partial charge is 0.191 e. The van der Waals surface area contributed by atoms with Gasteiger partial charge in [-0.3, -0.25) is 4.99 Å². The van der Waals surface area contributed by atoms with E-state index in [-0.39, 0.29) is 0 Å². The van der Waals surface area contributed by atoms with Gasteiger partial charge in [-0.25, -0.2) is 0 Å². The fourth-order valence-corrected chi connectivity index (χ4v) is 3.48. The summed E-state index contributed by atoms with van der Waals surface area (Å²) in [5.41, 5.74) is 5.37. The number of nitrogens with two attached hydrogens (primary N) is 1. The van der Waals surface area contributed by atoms with Gasteiger partial charge in [0.15, 0.2) is 5.96 Å². The molecule has 1 aliphatic heterocycles. The van der Waals surface area contributed by atoms with E-state index >= 15 is 0 Å². The lowest BCUT2D eigenvalue weighted by molar-refractivity contribution is 0.0185. The largest absolute Gasteiger partial charge is 0.388 e. The maximum atomic E-state index is 10.4. The molecule has 1 saturated carbocycles. The lowest BCUT2D eigenvalue weighted by Gasteiger charge is -2.29. The van der Waals surface area contributed by atoms with Gasteiger partial charge in [-0.05, 0) is 18.8 Å². The summed E-state index contributed by atoms with van der Waals surface area (Å²) in [7, 11) is 0. The zero-order valence-electron chi connectivity index (χ0n) is 10.6. The molecule has 0 bridgehead atoms. The van der Waals surface area contributed by atoms with Crippen molar-refractivity contribution in [2.45, 2.75) is 31.8 Å². The van der Waals surface area contributed by atoms with Crippen molar-refractivity contribution in [2.24, 2.45) is 16.6 Å². The summed E-state index contributed by atoms with van der Waals surface area (Å²) < 4.78 is 0. The molecule has 2 aliphatic rings. The Morgan fingerprint density at radius 1 is 1.53 bits per heavy atom. The molecule has 0 aromatic carbocycles. The van der Waals surface area contributed by atoms with Gasteiger partial charge in [0.2, 0.25) is 0 Å². The number of rotatable bonds is 2. The Hall–Kier alpha value is -0.420. The highest BCUT2D eigenvalue weighted by Crippen LogP contribution is 2.35. The van der Waals surface area contributed by atoms with Crippen LogP contribution in [0.25, 0.3) is 0 Å².